The first-order valence-corrected chi connectivity index (χ1v) is 7.53. The number of hydrazone groups is 1. The predicted molar refractivity (Wildman–Crippen MR) is 91.8 cm³/mol. The van der Waals surface area contributed by atoms with Gasteiger partial charge in [-0.2, -0.15) is 5.10 Å². The van der Waals surface area contributed by atoms with Gasteiger partial charge in [0.25, 0.3) is 5.91 Å². The number of benzene rings is 2. The molecule has 0 bridgehead atoms. The maximum absolute atomic E-state index is 11.8. The predicted octanol–water partition coefficient (Wildman–Crippen LogP) is 2.62. The third kappa shape index (κ3) is 5.31. The van der Waals surface area contributed by atoms with E-state index in [4.69, 9.17) is 14.2 Å². The quantitative estimate of drug-likeness (QED) is 0.597. The van der Waals surface area contributed by atoms with E-state index in [1.807, 2.05) is 43.3 Å². The lowest BCUT2D eigenvalue weighted by molar-refractivity contribution is -0.123. The van der Waals surface area contributed by atoms with Crippen LogP contribution >= 0.6 is 0 Å². The highest BCUT2D eigenvalue weighted by Crippen LogP contribution is 2.26. The van der Waals surface area contributed by atoms with Crippen LogP contribution < -0.4 is 19.6 Å². The number of ether oxygens (including phenoxy) is 3. The van der Waals surface area contributed by atoms with Crippen LogP contribution in [0.2, 0.25) is 0 Å². The number of carbonyl (C=O) groups is 1. The molecule has 0 spiro atoms. The van der Waals surface area contributed by atoms with Gasteiger partial charge in [-0.1, -0.05) is 24.3 Å². The summed E-state index contributed by atoms with van der Waals surface area (Å²) in [5, 5.41) is 3.90. The van der Waals surface area contributed by atoms with Gasteiger partial charge >= 0.3 is 0 Å². The zero-order valence-electron chi connectivity index (χ0n) is 13.7. The van der Waals surface area contributed by atoms with E-state index in [9.17, 15) is 4.79 Å². The molecule has 0 saturated carbocycles. The Kier molecular flexibility index (Phi) is 6.64. The fourth-order valence-corrected chi connectivity index (χ4v) is 1.92. The maximum atomic E-state index is 11.8. The molecule has 0 aromatic heterocycles. The van der Waals surface area contributed by atoms with Crippen LogP contribution in [-0.2, 0) is 4.79 Å². The number of carbonyl (C=O) groups excluding carboxylic acids is 1. The molecule has 1 N–H and O–H groups in total. The summed E-state index contributed by atoms with van der Waals surface area (Å²) in [6, 6.07) is 14.5. The normalized spacial score (nSPS) is 10.4. The fraction of sp³-hybridized carbons (Fsp3) is 0.222. The van der Waals surface area contributed by atoms with Crippen molar-refractivity contribution in [1.29, 1.82) is 0 Å². The second-order valence-electron chi connectivity index (χ2n) is 4.74. The molecule has 1 amide bonds. The molecular weight excluding hydrogens is 308 g/mol. The summed E-state index contributed by atoms with van der Waals surface area (Å²) in [7, 11) is 1.59. The van der Waals surface area contributed by atoms with Gasteiger partial charge in [-0.3, -0.25) is 4.79 Å². The van der Waals surface area contributed by atoms with Crippen LogP contribution in [0, 0.1) is 0 Å². The van der Waals surface area contributed by atoms with Gasteiger partial charge in [0, 0.05) is 0 Å². The SMILES string of the molecule is CCOc1ccccc1OCC(=O)N/N=C/c1cccc(OC)c1. The molecular formula is C18H20N2O4. The van der Waals surface area contributed by atoms with Crippen LogP contribution in [0.5, 0.6) is 17.2 Å². The number of nitrogens with one attached hydrogen (secondary N) is 1. The molecule has 2 aromatic carbocycles. The lowest BCUT2D eigenvalue weighted by atomic mass is 10.2. The minimum absolute atomic E-state index is 0.153. The number of hydrogen-bond donors (Lipinski definition) is 1. The molecule has 126 valence electrons. The van der Waals surface area contributed by atoms with Crippen LogP contribution in [-0.4, -0.2) is 32.4 Å². The van der Waals surface area contributed by atoms with Crippen molar-refractivity contribution in [1.82, 2.24) is 5.43 Å². The fourth-order valence-electron chi connectivity index (χ4n) is 1.92. The standard InChI is InChI=1S/C18H20N2O4/c1-3-23-16-9-4-5-10-17(16)24-13-18(21)20-19-12-14-7-6-8-15(11-14)22-2/h4-12H,3,13H2,1-2H3,(H,20,21)/b19-12+. The molecule has 0 aliphatic heterocycles. The summed E-state index contributed by atoms with van der Waals surface area (Å²) in [6.45, 7) is 2.26. The van der Waals surface area contributed by atoms with Gasteiger partial charge in [0.15, 0.2) is 18.1 Å². The lowest BCUT2D eigenvalue weighted by Gasteiger charge is -2.10. The van der Waals surface area contributed by atoms with E-state index in [-0.39, 0.29) is 12.5 Å². The third-order valence-corrected chi connectivity index (χ3v) is 3.00. The zero-order chi connectivity index (χ0) is 17.2. The van der Waals surface area contributed by atoms with E-state index in [1.165, 1.54) is 6.21 Å². The monoisotopic (exact) mass is 328 g/mol. The molecule has 0 unspecified atom stereocenters. The highest BCUT2D eigenvalue weighted by Gasteiger charge is 2.06. The number of hydrogen-bond acceptors (Lipinski definition) is 5. The summed E-state index contributed by atoms with van der Waals surface area (Å²) in [4.78, 5) is 11.8. The van der Waals surface area contributed by atoms with Gasteiger partial charge in [0.1, 0.15) is 5.75 Å². The van der Waals surface area contributed by atoms with Crippen molar-refractivity contribution in [3.05, 3.63) is 54.1 Å². The Morgan fingerprint density at radius 2 is 1.88 bits per heavy atom. The Labute approximate surface area is 141 Å². The average Bonchev–Trinajstić information content (AvgIpc) is 2.61. The van der Waals surface area contributed by atoms with Crippen molar-refractivity contribution in [2.45, 2.75) is 6.92 Å². The lowest BCUT2D eigenvalue weighted by Crippen LogP contribution is -2.24. The minimum atomic E-state index is -0.361. The first kappa shape index (κ1) is 17.3. The van der Waals surface area contributed by atoms with Gasteiger partial charge < -0.3 is 14.2 Å². The molecule has 2 rings (SSSR count). The Balaban J connectivity index is 1.84. The van der Waals surface area contributed by atoms with E-state index in [0.29, 0.717) is 18.1 Å². The number of para-hydroxylation sites is 2. The van der Waals surface area contributed by atoms with E-state index in [1.54, 1.807) is 19.2 Å². The van der Waals surface area contributed by atoms with Crippen LogP contribution in [0.15, 0.2) is 53.6 Å². The summed E-state index contributed by atoms with van der Waals surface area (Å²) >= 11 is 0. The highest BCUT2D eigenvalue weighted by atomic mass is 16.5. The van der Waals surface area contributed by atoms with E-state index >= 15 is 0 Å². The maximum Gasteiger partial charge on any atom is 0.277 e. The molecule has 0 aliphatic carbocycles. The van der Waals surface area contributed by atoms with Crippen LogP contribution in [0.1, 0.15) is 12.5 Å². The Bertz CT molecular complexity index is 701. The van der Waals surface area contributed by atoms with Gasteiger partial charge in [-0.15, -0.1) is 0 Å². The van der Waals surface area contributed by atoms with Gasteiger partial charge in [-0.25, -0.2) is 5.43 Å². The van der Waals surface area contributed by atoms with E-state index in [0.717, 1.165) is 11.3 Å². The molecule has 0 fully saturated rings. The second kappa shape index (κ2) is 9.19. The van der Waals surface area contributed by atoms with E-state index < -0.39 is 0 Å². The Morgan fingerprint density at radius 1 is 1.12 bits per heavy atom. The Hall–Kier alpha value is -3.02. The van der Waals surface area contributed by atoms with Crippen molar-refractivity contribution < 1.29 is 19.0 Å². The summed E-state index contributed by atoms with van der Waals surface area (Å²) in [5.74, 6) is 1.49. The zero-order valence-corrected chi connectivity index (χ0v) is 13.7. The average molecular weight is 328 g/mol. The molecule has 0 heterocycles. The van der Waals surface area contributed by atoms with Crippen LogP contribution in [0.25, 0.3) is 0 Å². The molecule has 6 nitrogen and oxygen atoms in total. The van der Waals surface area contributed by atoms with Crippen molar-refractivity contribution in [2.75, 3.05) is 20.3 Å². The first-order chi connectivity index (χ1) is 11.7. The van der Waals surface area contributed by atoms with Crippen LogP contribution in [0.3, 0.4) is 0 Å². The highest BCUT2D eigenvalue weighted by molar-refractivity contribution is 5.83. The van der Waals surface area contributed by atoms with Gasteiger partial charge in [0.2, 0.25) is 0 Å². The Morgan fingerprint density at radius 3 is 2.58 bits per heavy atom. The molecule has 0 atom stereocenters. The third-order valence-electron chi connectivity index (χ3n) is 3.00. The van der Waals surface area contributed by atoms with Gasteiger partial charge in [-0.05, 0) is 36.8 Å². The second-order valence-corrected chi connectivity index (χ2v) is 4.74. The molecule has 0 saturated heterocycles. The van der Waals surface area contributed by atoms with Crippen molar-refractivity contribution >= 4 is 12.1 Å². The number of amides is 1. The number of nitrogens with zero attached hydrogens (tertiary/aromatic N) is 1. The largest absolute Gasteiger partial charge is 0.497 e. The van der Waals surface area contributed by atoms with Gasteiger partial charge in [0.05, 0.1) is 19.9 Å². The molecule has 2 aromatic rings. The number of methoxy groups -OCH3 is 1. The number of rotatable bonds is 8. The van der Waals surface area contributed by atoms with Crippen molar-refractivity contribution in [3.63, 3.8) is 0 Å². The molecule has 24 heavy (non-hydrogen) atoms. The topological polar surface area (TPSA) is 69.2 Å². The van der Waals surface area contributed by atoms with Crippen LogP contribution in [0.4, 0.5) is 0 Å². The van der Waals surface area contributed by atoms with Crippen molar-refractivity contribution in [2.24, 2.45) is 5.10 Å². The summed E-state index contributed by atoms with van der Waals surface area (Å²) < 4.78 is 16.0. The summed E-state index contributed by atoms with van der Waals surface area (Å²) in [6.07, 6.45) is 1.54. The van der Waals surface area contributed by atoms with Crippen molar-refractivity contribution in [3.8, 4) is 17.2 Å². The molecule has 0 aliphatic rings. The first-order valence-electron chi connectivity index (χ1n) is 7.53. The molecule has 0 radical (unpaired) electrons. The smallest absolute Gasteiger partial charge is 0.277 e. The summed E-state index contributed by atoms with van der Waals surface area (Å²) in [5.41, 5.74) is 3.23. The minimum Gasteiger partial charge on any atom is -0.497 e. The van der Waals surface area contributed by atoms with E-state index in [2.05, 4.69) is 10.5 Å². The molecule has 6 heteroatoms.